The van der Waals surface area contributed by atoms with Gasteiger partial charge in [0.1, 0.15) is 24.1 Å². The first-order valence-electron chi connectivity index (χ1n) is 8.79. The lowest BCUT2D eigenvalue weighted by Crippen LogP contribution is -2.15. The Balaban J connectivity index is 1.52. The topological polar surface area (TPSA) is 57.0 Å². The van der Waals surface area contributed by atoms with Crippen molar-refractivity contribution in [1.29, 1.82) is 0 Å². The van der Waals surface area contributed by atoms with E-state index in [1.165, 1.54) is 0 Å². The normalized spacial score (nSPS) is 11.2. The van der Waals surface area contributed by atoms with E-state index in [0.29, 0.717) is 10.7 Å². The zero-order valence-corrected chi connectivity index (χ0v) is 15.6. The summed E-state index contributed by atoms with van der Waals surface area (Å²) in [6.07, 6.45) is 0.738. The van der Waals surface area contributed by atoms with Gasteiger partial charge in [-0.25, -0.2) is 9.97 Å². The molecule has 6 heteroatoms. The van der Waals surface area contributed by atoms with Crippen molar-refractivity contribution in [2.75, 3.05) is 0 Å². The molecule has 0 N–H and O–H groups in total. The third kappa shape index (κ3) is 3.51. The number of esters is 1. The summed E-state index contributed by atoms with van der Waals surface area (Å²) in [4.78, 5) is 21.4. The molecule has 0 amide bonds. The van der Waals surface area contributed by atoms with Crippen LogP contribution in [0.15, 0.2) is 54.6 Å². The Labute approximate surface area is 161 Å². The summed E-state index contributed by atoms with van der Waals surface area (Å²) in [6.45, 7) is 2.22. The molecule has 27 heavy (non-hydrogen) atoms. The predicted molar refractivity (Wildman–Crippen MR) is 106 cm³/mol. The molecule has 0 spiro atoms. The van der Waals surface area contributed by atoms with Gasteiger partial charge in [-0.1, -0.05) is 48.9 Å². The summed E-state index contributed by atoms with van der Waals surface area (Å²) in [7, 11) is 0. The van der Waals surface area contributed by atoms with Crippen LogP contribution in [0.3, 0.4) is 0 Å². The Bertz CT molecular complexity index is 1140. The van der Waals surface area contributed by atoms with Gasteiger partial charge in [0.2, 0.25) is 0 Å². The first-order chi connectivity index (χ1) is 13.2. The minimum atomic E-state index is -0.336. The number of fused-ring (bicyclic) bond motifs is 2. The summed E-state index contributed by atoms with van der Waals surface area (Å²) in [5, 5.41) is 1.31. The molecule has 2 aromatic carbocycles. The molecule has 4 rings (SSSR count). The van der Waals surface area contributed by atoms with Gasteiger partial charge in [0.25, 0.3) is 0 Å². The van der Waals surface area contributed by atoms with E-state index < -0.39 is 0 Å². The van der Waals surface area contributed by atoms with Crippen LogP contribution in [-0.2, 0) is 29.1 Å². The maximum absolute atomic E-state index is 12.4. The highest BCUT2D eigenvalue weighted by molar-refractivity contribution is 6.30. The standard InChI is InChI=1S/C21H18ClN3O2/c1-2-19-23-17-9-5-6-10-18(17)25(19)12-20(26)27-13-15-11-14-7-3-4-8-16(14)24-21(15)22/h3-11H,2,12-13H2,1H3. The molecule has 0 aliphatic heterocycles. The lowest BCUT2D eigenvalue weighted by atomic mass is 10.2. The highest BCUT2D eigenvalue weighted by atomic mass is 35.5. The van der Waals surface area contributed by atoms with E-state index in [-0.39, 0.29) is 19.1 Å². The monoisotopic (exact) mass is 379 g/mol. The number of aromatic nitrogens is 3. The number of imidazole rings is 1. The van der Waals surface area contributed by atoms with Crippen LogP contribution in [-0.4, -0.2) is 20.5 Å². The number of carbonyl (C=O) groups excluding carboxylic acids is 1. The molecule has 4 aromatic rings. The molecule has 0 radical (unpaired) electrons. The number of benzene rings is 2. The lowest BCUT2D eigenvalue weighted by molar-refractivity contribution is -0.145. The first kappa shape index (κ1) is 17.5. The van der Waals surface area contributed by atoms with Crippen LogP contribution in [0.1, 0.15) is 18.3 Å². The molecule has 2 aromatic heterocycles. The summed E-state index contributed by atoms with van der Waals surface area (Å²) in [5.74, 6) is 0.524. The first-order valence-corrected chi connectivity index (χ1v) is 9.17. The molecule has 5 nitrogen and oxygen atoms in total. The fraction of sp³-hybridized carbons (Fsp3) is 0.190. The van der Waals surface area contributed by atoms with Crippen LogP contribution >= 0.6 is 11.6 Å². The average molecular weight is 380 g/mol. The molecule has 2 heterocycles. The van der Waals surface area contributed by atoms with Crippen LogP contribution in [0.5, 0.6) is 0 Å². The van der Waals surface area contributed by atoms with Crippen molar-refractivity contribution < 1.29 is 9.53 Å². The van der Waals surface area contributed by atoms with Crippen LogP contribution in [0, 0.1) is 0 Å². The number of hydrogen-bond acceptors (Lipinski definition) is 4. The number of rotatable bonds is 5. The molecule has 136 valence electrons. The van der Waals surface area contributed by atoms with Gasteiger partial charge in [-0.05, 0) is 24.3 Å². The Morgan fingerprint density at radius 1 is 1.07 bits per heavy atom. The van der Waals surface area contributed by atoms with Crippen LogP contribution in [0.25, 0.3) is 21.9 Å². The number of para-hydroxylation sites is 3. The van der Waals surface area contributed by atoms with Gasteiger partial charge in [0.05, 0.1) is 16.6 Å². The molecule has 0 aliphatic rings. The van der Waals surface area contributed by atoms with Gasteiger partial charge < -0.3 is 9.30 Å². The van der Waals surface area contributed by atoms with E-state index in [4.69, 9.17) is 16.3 Å². The third-order valence-corrected chi connectivity index (χ3v) is 4.80. The SMILES string of the molecule is CCc1nc2ccccc2n1CC(=O)OCc1cc2ccccc2nc1Cl. The van der Waals surface area contributed by atoms with Crippen molar-refractivity contribution in [1.82, 2.24) is 14.5 Å². The highest BCUT2D eigenvalue weighted by Crippen LogP contribution is 2.21. The lowest BCUT2D eigenvalue weighted by Gasteiger charge is -2.10. The second kappa shape index (κ2) is 7.37. The largest absolute Gasteiger partial charge is 0.459 e. The van der Waals surface area contributed by atoms with Crippen molar-refractivity contribution in [3.8, 4) is 0 Å². The summed E-state index contributed by atoms with van der Waals surface area (Å²) in [6, 6.07) is 17.4. The molecule has 0 fully saturated rings. The molecule has 0 unspecified atom stereocenters. The van der Waals surface area contributed by atoms with Crippen molar-refractivity contribution in [2.45, 2.75) is 26.5 Å². The second-order valence-electron chi connectivity index (χ2n) is 6.25. The fourth-order valence-corrected chi connectivity index (χ4v) is 3.34. The van der Waals surface area contributed by atoms with Gasteiger partial charge in [-0.3, -0.25) is 4.79 Å². The van der Waals surface area contributed by atoms with E-state index in [2.05, 4.69) is 9.97 Å². The zero-order valence-electron chi connectivity index (χ0n) is 14.9. The Morgan fingerprint density at radius 2 is 1.81 bits per heavy atom. The van der Waals surface area contributed by atoms with Crippen molar-refractivity contribution in [2.24, 2.45) is 0 Å². The van der Waals surface area contributed by atoms with Gasteiger partial charge in [-0.15, -0.1) is 0 Å². The Morgan fingerprint density at radius 3 is 2.63 bits per heavy atom. The molecule has 0 atom stereocenters. The fourth-order valence-electron chi connectivity index (χ4n) is 3.14. The van der Waals surface area contributed by atoms with Gasteiger partial charge in [0, 0.05) is 17.4 Å². The molecule has 0 bridgehead atoms. The van der Waals surface area contributed by atoms with E-state index in [0.717, 1.165) is 34.2 Å². The van der Waals surface area contributed by atoms with Gasteiger partial charge in [-0.2, -0.15) is 0 Å². The van der Waals surface area contributed by atoms with E-state index in [9.17, 15) is 4.79 Å². The number of ether oxygens (including phenoxy) is 1. The Hall–Kier alpha value is -2.92. The maximum atomic E-state index is 12.4. The minimum absolute atomic E-state index is 0.0869. The van der Waals surface area contributed by atoms with E-state index in [1.54, 1.807) is 0 Å². The molecular weight excluding hydrogens is 362 g/mol. The van der Waals surface area contributed by atoms with Crippen LogP contribution in [0.2, 0.25) is 5.15 Å². The van der Waals surface area contributed by atoms with E-state index in [1.807, 2.05) is 66.1 Å². The summed E-state index contributed by atoms with van der Waals surface area (Å²) in [5.41, 5.74) is 3.31. The quantitative estimate of drug-likeness (QED) is 0.377. The van der Waals surface area contributed by atoms with Crippen LogP contribution < -0.4 is 0 Å². The number of pyridine rings is 1. The Kier molecular flexibility index (Phi) is 4.77. The maximum Gasteiger partial charge on any atom is 0.326 e. The smallest absolute Gasteiger partial charge is 0.326 e. The molecule has 0 saturated heterocycles. The average Bonchev–Trinajstić information content (AvgIpc) is 3.04. The number of hydrogen-bond donors (Lipinski definition) is 0. The highest BCUT2D eigenvalue weighted by Gasteiger charge is 2.14. The number of halogens is 1. The van der Waals surface area contributed by atoms with Crippen molar-refractivity contribution in [3.05, 3.63) is 71.1 Å². The number of nitrogens with zero attached hydrogens (tertiary/aromatic N) is 3. The summed E-state index contributed by atoms with van der Waals surface area (Å²) < 4.78 is 7.37. The zero-order chi connectivity index (χ0) is 18.8. The molecular formula is C21H18ClN3O2. The minimum Gasteiger partial charge on any atom is -0.459 e. The third-order valence-electron chi connectivity index (χ3n) is 4.48. The van der Waals surface area contributed by atoms with Crippen molar-refractivity contribution in [3.63, 3.8) is 0 Å². The number of carbonyl (C=O) groups is 1. The van der Waals surface area contributed by atoms with Gasteiger partial charge in [0.15, 0.2) is 0 Å². The van der Waals surface area contributed by atoms with E-state index >= 15 is 0 Å². The molecule has 0 saturated carbocycles. The number of aryl methyl sites for hydroxylation is 1. The predicted octanol–water partition coefficient (Wildman–Crippen LogP) is 4.54. The summed E-state index contributed by atoms with van der Waals surface area (Å²) >= 11 is 6.24. The van der Waals surface area contributed by atoms with Gasteiger partial charge >= 0.3 is 5.97 Å². The second-order valence-corrected chi connectivity index (χ2v) is 6.61. The van der Waals surface area contributed by atoms with Crippen molar-refractivity contribution >= 4 is 39.5 Å². The molecule has 0 aliphatic carbocycles. The van der Waals surface area contributed by atoms with Crippen LogP contribution in [0.4, 0.5) is 0 Å².